The molecule has 56 heavy (non-hydrogen) atoms. The first-order chi connectivity index (χ1) is 27.8. The average Bonchev–Trinajstić information content (AvgIpc) is 3.80. The first-order valence-corrected chi connectivity index (χ1v) is 18.9. The van der Waals surface area contributed by atoms with Crippen LogP contribution in [-0.4, -0.2) is 24.1 Å². The standard InChI is InChI=1S/C51H33N5/c1-3-15-34(16-4-1)45-33-46(35-17-5-2-6-18-35)54-51(53-45)44-25-14-24-43(52-44)36-29-30-42-41-23-9-12-28-49(41)56(50(42)31-36)38-20-13-19-37(32-38)55-47-26-10-7-21-39(47)40-22-8-11-27-48(40)55/h1-33H. The molecule has 0 aliphatic heterocycles. The molecule has 0 N–H and O–H groups in total. The summed E-state index contributed by atoms with van der Waals surface area (Å²) in [6.07, 6.45) is 0. The number of aromatic nitrogens is 5. The van der Waals surface area contributed by atoms with E-state index in [0.29, 0.717) is 5.82 Å². The maximum atomic E-state index is 5.21. The molecule has 0 bridgehead atoms. The minimum absolute atomic E-state index is 0.587. The van der Waals surface area contributed by atoms with Gasteiger partial charge in [-0.1, -0.05) is 140 Å². The Morgan fingerprint density at radius 3 is 1.30 bits per heavy atom. The molecular weight excluding hydrogens is 683 g/mol. The predicted molar refractivity (Wildman–Crippen MR) is 230 cm³/mol. The maximum Gasteiger partial charge on any atom is 0.179 e. The maximum absolute atomic E-state index is 5.21. The van der Waals surface area contributed by atoms with Gasteiger partial charge in [0.1, 0.15) is 5.69 Å². The molecule has 0 amide bonds. The van der Waals surface area contributed by atoms with Crippen LogP contribution >= 0.6 is 0 Å². The van der Waals surface area contributed by atoms with E-state index < -0.39 is 0 Å². The van der Waals surface area contributed by atoms with Crippen molar-refractivity contribution in [2.24, 2.45) is 0 Å². The molecule has 0 aliphatic rings. The monoisotopic (exact) mass is 715 g/mol. The summed E-state index contributed by atoms with van der Waals surface area (Å²) < 4.78 is 4.76. The summed E-state index contributed by atoms with van der Waals surface area (Å²) in [6.45, 7) is 0. The van der Waals surface area contributed by atoms with Crippen LogP contribution in [0.15, 0.2) is 200 Å². The molecule has 0 saturated heterocycles. The predicted octanol–water partition coefficient (Wildman–Crippen LogP) is 12.7. The van der Waals surface area contributed by atoms with Crippen LogP contribution in [0.4, 0.5) is 0 Å². The van der Waals surface area contributed by atoms with Crippen LogP contribution in [0.25, 0.3) is 100 Å². The van der Waals surface area contributed by atoms with Gasteiger partial charge in [-0.05, 0) is 60.7 Å². The summed E-state index contributed by atoms with van der Waals surface area (Å²) in [5, 5.41) is 4.89. The molecule has 262 valence electrons. The van der Waals surface area contributed by atoms with Gasteiger partial charge < -0.3 is 9.13 Å². The van der Waals surface area contributed by atoms with E-state index in [1.54, 1.807) is 0 Å². The lowest BCUT2D eigenvalue weighted by molar-refractivity contribution is 1.13. The smallest absolute Gasteiger partial charge is 0.179 e. The molecule has 5 nitrogen and oxygen atoms in total. The molecule has 0 spiro atoms. The van der Waals surface area contributed by atoms with E-state index in [1.807, 2.05) is 48.5 Å². The lowest BCUT2D eigenvalue weighted by Gasteiger charge is -2.13. The highest BCUT2D eigenvalue weighted by atomic mass is 15.0. The second-order valence-electron chi connectivity index (χ2n) is 14.1. The molecule has 0 aliphatic carbocycles. The molecule has 4 aromatic heterocycles. The van der Waals surface area contributed by atoms with E-state index >= 15 is 0 Å². The van der Waals surface area contributed by atoms with Crippen molar-refractivity contribution in [2.75, 3.05) is 0 Å². The van der Waals surface area contributed by atoms with Crippen molar-refractivity contribution >= 4 is 43.6 Å². The molecule has 7 aromatic carbocycles. The highest BCUT2D eigenvalue weighted by Crippen LogP contribution is 2.37. The van der Waals surface area contributed by atoms with Crippen LogP contribution in [-0.2, 0) is 0 Å². The quantitative estimate of drug-likeness (QED) is 0.172. The Hall–Kier alpha value is -7.63. The van der Waals surface area contributed by atoms with Gasteiger partial charge in [0.2, 0.25) is 0 Å². The Labute approximate surface area is 323 Å². The van der Waals surface area contributed by atoms with Gasteiger partial charge in [-0.2, -0.15) is 0 Å². The summed E-state index contributed by atoms with van der Waals surface area (Å²) in [4.78, 5) is 15.3. The van der Waals surface area contributed by atoms with Gasteiger partial charge in [-0.25, -0.2) is 15.0 Å². The number of para-hydroxylation sites is 3. The zero-order valence-corrected chi connectivity index (χ0v) is 30.3. The molecule has 0 saturated carbocycles. The Bertz CT molecular complexity index is 3140. The van der Waals surface area contributed by atoms with Gasteiger partial charge in [0.05, 0.1) is 39.1 Å². The zero-order valence-electron chi connectivity index (χ0n) is 30.3. The largest absolute Gasteiger partial charge is 0.309 e. The lowest BCUT2D eigenvalue weighted by Crippen LogP contribution is -1.99. The number of pyridine rings is 1. The van der Waals surface area contributed by atoms with Gasteiger partial charge in [0.15, 0.2) is 5.82 Å². The van der Waals surface area contributed by atoms with Crippen molar-refractivity contribution in [3.8, 4) is 56.7 Å². The number of fused-ring (bicyclic) bond motifs is 6. The fourth-order valence-corrected chi connectivity index (χ4v) is 8.18. The van der Waals surface area contributed by atoms with Crippen LogP contribution < -0.4 is 0 Å². The van der Waals surface area contributed by atoms with Crippen molar-refractivity contribution < 1.29 is 0 Å². The molecule has 4 heterocycles. The molecular formula is C51H33N5. The highest BCUT2D eigenvalue weighted by molar-refractivity contribution is 6.11. The second-order valence-corrected chi connectivity index (χ2v) is 14.1. The van der Waals surface area contributed by atoms with Gasteiger partial charge in [0.25, 0.3) is 0 Å². The molecule has 11 rings (SSSR count). The Kier molecular flexibility index (Phi) is 7.42. The van der Waals surface area contributed by atoms with Crippen molar-refractivity contribution in [2.45, 2.75) is 0 Å². The Morgan fingerprint density at radius 2 is 0.732 bits per heavy atom. The molecule has 0 unspecified atom stereocenters. The third kappa shape index (κ3) is 5.29. The van der Waals surface area contributed by atoms with Crippen molar-refractivity contribution in [3.05, 3.63) is 200 Å². The van der Waals surface area contributed by atoms with Crippen LogP contribution in [0.5, 0.6) is 0 Å². The third-order valence-electron chi connectivity index (χ3n) is 10.7. The fourth-order valence-electron chi connectivity index (χ4n) is 8.18. The van der Waals surface area contributed by atoms with Crippen molar-refractivity contribution in [1.29, 1.82) is 0 Å². The van der Waals surface area contributed by atoms with Crippen LogP contribution in [0, 0.1) is 0 Å². The first-order valence-electron chi connectivity index (χ1n) is 18.9. The molecule has 0 radical (unpaired) electrons. The number of nitrogens with zero attached hydrogens (tertiary/aromatic N) is 5. The highest BCUT2D eigenvalue weighted by Gasteiger charge is 2.17. The normalized spacial score (nSPS) is 11.6. The summed E-state index contributed by atoms with van der Waals surface area (Å²) >= 11 is 0. The van der Waals surface area contributed by atoms with Crippen LogP contribution in [0.1, 0.15) is 0 Å². The van der Waals surface area contributed by atoms with Crippen molar-refractivity contribution in [3.63, 3.8) is 0 Å². The number of rotatable bonds is 6. The molecule has 5 heteroatoms. The van der Waals surface area contributed by atoms with Crippen LogP contribution in [0.3, 0.4) is 0 Å². The molecule has 0 fully saturated rings. The SMILES string of the molecule is c1ccc(-c2cc(-c3ccccc3)nc(-c3cccc(-c4ccc5c6ccccc6n(-c6cccc(-n7c8ccccc8c8ccccc87)c6)c5c4)n3)n2)cc1. The van der Waals surface area contributed by atoms with E-state index in [2.05, 4.69) is 161 Å². The number of benzene rings is 7. The van der Waals surface area contributed by atoms with E-state index in [-0.39, 0.29) is 0 Å². The third-order valence-corrected chi connectivity index (χ3v) is 10.7. The van der Waals surface area contributed by atoms with E-state index in [4.69, 9.17) is 15.0 Å². The summed E-state index contributed by atoms with van der Waals surface area (Å²) in [6, 6.07) is 70.2. The summed E-state index contributed by atoms with van der Waals surface area (Å²) in [5.41, 5.74) is 13.2. The van der Waals surface area contributed by atoms with Gasteiger partial charge >= 0.3 is 0 Å². The first kappa shape index (κ1) is 31.9. The van der Waals surface area contributed by atoms with Gasteiger partial charge in [-0.15, -0.1) is 0 Å². The van der Waals surface area contributed by atoms with Crippen LogP contribution in [0.2, 0.25) is 0 Å². The van der Waals surface area contributed by atoms with E-state index in [0.717, 1.165) is 61.9 Å². The van der Waals surface area contributed by atoms with E-state index in [9.17, 15) is 0 Å². The van der Waals surface area contributed by atoms with E-state index in [1.165, 1.54) is 32.6 Å². The Morgan fingerprint density at radius 1 is 0.268 bits per heavy atom. The summed E-state index contributed by atoms with van der Waals surface area (Å²) in [7, 11) is 0. The second kappa shape index (κ2) is 13.0. The molecule has 11 aromatic rings. The zero-order chi connectivity index (χ0) is 37.0. The minimum Gasteiger partial charge on any atom is -0.309 e. The average molecular weight is 716 g/mol. The Balaban J connectivity index is 1.06. The number of hydrogen-bond donors (Lipinski definition) is 0. The topological polar surface area (TPSA) is 48.5 Å². The summed E-state index contributed by atoms with van der Waals surface area (Å²) in [5.74, 6) is 0.587. The van der Waals surface area contributed by atoms with Gasteiger partial charge in [-0.3, -0.25) is 0 Å². The molecule has 0 atom stereocenters. The minimum atomic E-state index is 0.587. The number of hydrogen-bond acceptors (Lipinski definition) is 3. The van der Waals surface area contributed by atoms with Crippen molar-refractivity contribution in [1.82, 2.24) is 24.1 Å². The van der Waals surface area contributed by atoms with Gasteiger partial charge in [0, 0.05) is 49.6 Å². The fraction of sp³-hybridized carbons (Fsp3) is 0. The lowest BCUT2D eigenvalue weighted by atomic mass is 10.1.